The minimum Gasteiger partial charge on any atom is -0.497 e. The fourth-order valence-corrected chi connectivity index (χ4v) is 4.35. The highest BCUT2D eigenvalue weighted by atomic mass is 35.5. The number of nitrogens with one attached hydrogen (secondary N) is 1. The Kier molecular flexibility index (Phi) is 6.90. The summed E-state index contributed by atoms with van der Waals surface area (Å²) in [4.78, 5) is 20.1. The highest BCUT2D eigenvalue weighted by Crippen LogP contribution is 2.32. The highest BCUT2D eigenvalue weighted by Gasteiger charge is 2.20. The number of thiazole rings is 1. The molecular weight excluding hydrogens is 406 g/mol. The van der Waals surface area contributed by atoms with Crippen LogP contribution in [0.15, 0.2) is 48.5 Å². The Morgan fingerprint density at radius 1 is 1.21 bits per heavy atom. The number of aromatic nitrogens is 1. The van der Waals surface area contributed by atoms with Crippen molar-refractivity contribution in [3.05, 3.63) is 69.7 Å². The number of rotatable bonds is 7. The molecule has 0 bridgehead atoms. The molecular formula is C22H24ClN3O2S. The van der Waals surface area contributed by atoms with Crippen LogP contribution < -0.4 is 10.1 Å². The van der Waals surface area contributed by atoms with E-state index in [1.807, 2.05) is 69.6 Å². The second kappa shape index (κ2) is 9.39. The van der Waals surface area contributed by atoms with Crippen LogP contribution in [-0.4, -0.2) is 43.5 Å². The Labute approximate surface area is 180 Å². The van der Waals surface area contributed by atoms with Gasteiger partial charge in [0.25, 0.3) is 5.91 Å². The zero-order chi connectivity index (χ0) is 21.0. The number of methoxy groups -OCH3 is 1. The molecule has 7 heteroatoms. The monoisotopic (exact) mass is 429 g/mol. The molecule has 0 fully saturated rings. The van der Waals surface area contributed by atoms with E-state index in [1.165, 1.54) is 11.3 Å². The summed E-state index contributed by atoms with van der Waals surface area (Å²) in [5.41, 5.74) is 2.65. The quantitative estimate of drug-likeness (QED) is 0.585. The van der Waals surface area contributed by atoms with E-state index >= 15 is 0 Å². The van der Waals surface area contributed by atoms with Gasteiger partial charge in [0.2, 0.25) is 0 Å². The molecule has 0 spiro atoms. The summed E-state index contributed by atoms with van der Waals surface area (Å²) in [6.45, 7) is 2.33. The molecule has 5 nitrogen and oxygen atoms in total. The van der Waals surface area contributed by atoms with Crippen molar-refractivity contribution < 1.29 is 9.53 Å². The number of hydrogen-bond acceptors (Lipinski definition) is 5. The minimum atomic E-state index is -0.126. The van der Waals surface area contributed by atoms with Gasteiger partial charge in [-0.05, 0) is 44.8 Å². The zero-order valence-electron chi connectivity index (χ0n) is 16.9. The first-order chi connectivity index (χ1) is 13.9. The van der Waals surface area contributed by atoms with E-state index in [2.05, 4.69) is 15.2 Å². The molecule has 0 saturated heterocycles. The second-order valence-electron chi connectivity index (χ2n) is 6.88. The molecule has 0 radical (unpaired) electrons. The number of benzene rings is 2. The van der Waals surface area contributed by atoms with E-state index in [1.54, 1.807) is 7.11 Å². The third-order valence-electron chi connectivity index (χ3n) is 4.69. The van der Waals surface area contributed by atoms with E-state index < -0.39 is 0 Å². The maximum absolute atomic E-state index is 12.8. The first-order valence-electron chi connectivity index (χ1n) is 9.21. The number of amides is 1. The molecule has 1 amide bonds. The van der Waals surface area contributed by atoms with Crippen LogP contribution in [0.5, 0.6) is 5.75 Å². The maximum Gasteiger partial charge on any atom is 0.263 e. The Bertz CT molecular complexity index is 986. The average Bonchev–Trinajstić information content (AvgIpc) is 3.10. The van der Waals surface area contributed by atoms with Gasteiger partial charge in [-0.15, -0.1) is 11.3 Å². The normalized spacial score (nSPS) is 12.1. The molecule has 1 aromatic heterocycles. The minimum absolute atomic E-state index is 0.0427. The van der Waals surface area contributed by atoms with Gasteiger partial charge in [0, 0.05) is 12.1 Å². The number of likely N-dealkylation sites (N-methyl/N-ethyl adjacent to an activating group) is 1. The van der Waals surface area contributed by atoms with Crippen molar-refractivity contribution in [2.45, 2.75) is 13.0 Å². The van der Waals surface area contributed by atoms with Gasteiger partial charge in [-0.1, -0.05) is 41.9 Å². The number of ether oxygens (including phenoxy) is 1. The fourth-order valence-electron chi connectivity index (χ4n) is 3.05. The van der Waals surface area contributed by atoms with Gasteiger partial charge in [-0.2, -0.15) is 0 Å². The van der Waals surface area contributed by atoms with Gasteiger partial charge in [-0.3, -0.25) is 4.79 Å². The van der Waals surface area contributed by atoms with E-state index in [0.29, 0.717) is 22.1 Å². The smallest absolute Gasteiger partial charge is 0.263 e. The number of nitrogens with zero attached hydrogens (tertiary/aromatic N) is 2. The molecule has 152 valence electrons. The van der Waals surface area contributed by atoms with E-state index in [-0.39, 0.29) is 11.9 Å². The molecule has 0 saturated carbocycles. The average molecular weight is 430 g/mol. The van der Waals surface area contributed by atoms with Gasteiger partial charge in [0.05, 0.1) is 23.9 Å². The third kappa shape index (κ3) is 4.96. The standard InChI is InChI=1S/C22H24ClN3O2S/c1-14-20(29-22(25-14)17-7-5-6-8-18(17)23)21(27)24-13-19(26(2)3)15-9-11-16(28-4)12-10-15/h5-12,19H,13H2,1-4H3,(H,24,27). The number of hydrogen-bond donors (Lipinski definition) is 1. The van der Waals surface area contributed by atoms with Crippen molar-refractivity contribution in [3.8, 4) is 16.3 Å². The van der Waals surface area contributed by atoms with Crippen molar-refractivity contribution in [1.82, 2.24) is 15.2 Å². The molecule has 0 aliphatic rings. The van der Waals surface area contributed by atoms with Gasteiger partial charge < -0.3 is 15.0 Å². The van der Waals surface area contributed by atoms with E-state index in [4.69, 9.17) is 16.3 Å². The summed E-state index contributed by atoms with van der Waals surface area (Å²) >= 11 is 7.64. The second-order valence-corrected chi connectivity index (χ2v) is 8.28. The lowest BCUT2D eigenvalue weighted by molar-refractivity contribution is 0.0945. The zero-order valence-corrected chi connectivity index (χ0v) is 18.5. The van der Waals surface area contributed by atoms with Crippen molar-refractivity contribution in [3.63, 3.8) is 0 Å². The van der Waals surface area contributed by atoms with Gasteiger partial charge >= 0.3 is 0 Å². The molecule has 2 aromatic carbocycles. The maximum atomic E-state index is 12.8. The Hall–Kier alpha value is -2.41. The molecule has 29 heavy (non-hydrogen) atoms. The molecule has 3 aromatic rings. The fraction of sp³-hybridized carbons (Fsp3) is 0.273. The van der Waals surface area contributed by atoms with E-state index in [9.17, 15) is 4.79 Å². The molecule has 1 N–H and O–H groups in total. The van der Waals surface area contributed by atoms with Crippen LogP contribution in [0.3, 0.4) is 0 Å². The van der Waals surface area contributed by atoms with Crippen LogP contribution in [0, 0.1) is 6.92 Å². The predicted molar refractivity (Wildman–Crippen MR) is 119 cm³/mol. The van der Waals surface area contributed by atoms with Gasteiger partial charge in [0.1, 0.15) is 15.6 Å². The van der Waals surface area contributed by atoms with Crippen LogP contribution in [0.1, 0.15) is 27.0 Å². The summed E-state index contributed by atoms with van der Waals surface area (Å²) in [5, 5.41) is 4.43. The van der Waals surface area contributed by atoms with Crippen LogP contribution in [0.25, 0.3) is 10.6 Å². The molecule has 1 atom stereocenters. The Morgan fingerprint density at radius 2 is 1.90 bits per heavy atom. The summed E-state index contributed by atoms with van der Waals surface area (Å²) in [7, 11) is 5.63. The SMILES string of the molecule is COc1ccc(C(CNC(=O)c2sc(-c3ccccc3Cl)nc2C)N(C)C)cc1. The topological polar surface area (TPSA) is 54.5 Å². The molecule has 3 rings (SSSR count). The van der Waals surface area contributed by atoms with Crippen LogP contribution in [0.2, 0.25) is 5.02 Å². The number of carbonyl (C=O) groups is 1. The van der Waals surface area contributed by atoms with Crippen LogP contribution in [0.4, 0.5) is 0 Å². The predicted octanol–water partition coefficient (Wildman–Crippen LogP) is 4.81. The van der Waals surface area contributed by atoms with Crippen molar-refractivity contribution in [2.24, 2.45) is 0 Å². The first-order valence-corrected chi connectivity index (χ1v) is 10.4. The number of aryl methyl sites for hydroxylation is 1. The highest BCUT2D eigenvalue weighted by molar-refractivity contribution is 7.17. The molecule has 0 aliphatic carbocycles. The van der Waals surface area contributed by atoms with Crippen molar-refractivity contribution >= 4 is 28.8 Å². The lowest BCUT2D eigenvalue weighted by Gasteiger charge is -2.25. The number of halogens is 1. The van der Waals surface area contributed by atoms with Crippen molar-refractivity contribution in [2.75, 3.05) is 27.7 Å². The summed E-state index contributed by atoms with van der Waals surface area (Å²) in [6.07, 6.45) is 0. The Morgan fingerprint density at radius 3 is 2.52 bits per heavy atom. The third-order valence-corrected chi connectivity index (χ3v) is 6.21. The Balaban J connectivity index is 1.74. The van der Waals surface area contributed by atoms with Crippen LogP contribution >= 0.6 is 22.9 Å². The molecule has 1 unspecified atom stereocenters. The largest absolute Gasteiger partial charge is 0.497 e. The molecule has 0 aliphatic heterocycles. The summed E-state index contributed by atoms with van der Waals surface area (Å²) in [5.74, 6) is 0.682. The first kappa shape index (κ1) is 21.3. The van der Waals surface area contributed by atoms with Crippen molar-refractivity contribution in [1.29, 1.82) is 0 Å². The lowest BCUT2D eigenvalue weighted by Crippen LogP contribution is -2.34. The van der Waals surface area contributed by atoms with Gasteiger partial charge in [-0.25, -0.2) is 4.98 Å². The number of carbonyl (C=O) groups excluding carboxylic acids is 1. The van der Waals surface area contributed by atoms with E-state index in [0.717, 1.165) is 21.9 Å². The lowest BCUT2D eigenvalue weighted by atomic mass is 10.1. The molecule has 1 heterocycles. The van der Waals surface area contributed by atoms with Gasteiger partial charge in [0.15, 0.2) is 0 Å². The van der Waals surface area contributed by atoms with Crippen LogP contribution in [-0.2, 0) is 0 Å². The summed E-state index contributed by atoms with van der Waals surface area (Å²) in [6, 6.07) is 15.5. The summed E-state index contributed by atoms with van der Waals surface area (Å²) < 4.78 is 5.23.